The lowest BCUT2D eigenvalue weighted by Gasteiger charge is -2.19. The number of aromatic amines is 1. The summed E-state index contributed by atoms with van der Waals surface area (Å²) in [7, 11) is 1.48. The van der Waals surface area contributed by atoms with E-state index in [0.717, 1.165) is 12.8 Å². The third kappa shape index (κ3) is 3.40. The van der Waals surface area contributed by atoms with Crippen LogP contribution in [-0.4, -0.2) is 42.5 Å². The fourth-order valence-electron chi connectivity index (χ4n) is 2.63. The van der Waals surface area contributed by atoms with Crippen LogP contribution in [0.15, 0.2) is 4.90 Å². The third-order valence-electron chi connectivity index (χ3n) is 3.70. The molecule has 8 heteroatoms. The highest BCUT2D eigenvalue weighted by molar-refractivity contribution is 8.13. The molecule has 0 atom stereocenters. The van der Waals surface area contributed by atoms with Gasteiger partial charge in [0.1, 0.15) is 4.90 Å². The molecule has 0 saturated carbocycles. The third-order valence-corrected chi connectivity index (χ3v) is 5.09. The second-order valence-electron chi connectivity index (χ2n) is 6.21. The van der Waals surface area contributed by atoms with E-state index in [9.17, 15) is 13.2 Å². The van der Waals surface area contributed by atoms with Gasteiger partial charge >= 0.3 is 0 Å². The van der Waals surface area contributed by atoms with Crippen molar-refractivity contribution in [3.05, 3.63) is 11.4 Å². The number of H-pyrrole nitrogens is 1. The van der Waals surface area contributed by atoms with Crippen LogP contribution in [0.3, 0.4) is 0 Å². The van der Waals surface area contributed by atoms with Crippen LogP contribution in [0.5, 0.6) is 0 Å². The standard InChI is InChI=1S/C13H20ClN3O3S/c1-4-5-9-11(21(14,19)20)10(16-15-9)12(18)17-7-6-13(2,3)8-17/h4-8H2,1-3H3,(H,15,16). The minimum absolute atomic E-state index is 0.0399. The highest BCUT2D eigenvalue weighted by Gasteiger charge is 2.36. The molecule has 0 spiro atoms. The van der Waals surface area contributed by atoms with Gasteiger partial charge in [-0.05, 0) is 18.3 Å². The summed E-state index contributed by atoms with van der Waals surface area (Å²) in [4.78, 5) is 14.0. The Morgan fingerprint density at radius 3 is 2.62 bits per heavy atom. The van der Waals surface area contributed by atoms with Gasteiger partial charge < -0.3 is 4.90 Å². The molecule has 1 N–H and O–H groups in total. The van der Waals surface area contributed by atoms with Gasteiger partial charge in [-0.2, -0.15) is 5.10 Å². The number of rotatable bonds is 4. The maximum Gasteiger partial charge on any atom is 0.275 e. The van der Waals surface area contributed by atoms with Gasteiger partial charge in [0.25, 0.3) is 15.0 Å². The molecule has 1 amide bonds. The number of halogens is 1. The molecule has 0 radical (unpaired) electrons. The molecule has 1 aliphatic rings. The molecule has 2 rings (SSSR count). The fraction of sp³-hybridized carbons (Fsp3) is 0.692. The molecule has 6 nitrogen and oxygen atoms in total. The molecule has 21 heavy (non-hydrogen) atoms. The van der Waals surface area contributed by atoms with Crippen LogP contribution in [0.1, 0.15) is 49.8 Å². The van der Waals surface area contributed by atoms with Crippen molar-refractivity contribution in [3.63, 3.8) is 0 Å². The second kappa shape index (κ2) is 5.61. The summed E-state index contributed by atoms with van der Waals surface area (Å²) in [5.41, 5.74) is 0.346. The lowest BCUT2D eigenvalue weighted by Crippen LogP contribution is -2.31. The molecule has 1 fully saturated rings. The van der Waals surface area contributed by atoms with Gasteiger partial charge in [-0.1, -0.05) is 27.2 Å². The normalized spacial score (nSPS) is 18.2. The van der Waals surface area contributed by atoms with E-state index in [2.05, 4.69) is 24.0 Å². The first-order valence-electron chi connectivity index (χ1n) is 6.97. The first-order chi connectivity index (χ1) is 9.65. The summed E-state index contributed by atoms with van der Waals surface area (Å²) in [5, 5.41) is 6.56. The average Bonchev–Trinajstić information content (AvgIpc) is 2.92. The van der Waals surface area contributed by atoms with Crippen LogP contribution in [0.2, 0.25) is 0 Å². The van der Waals surface area contributed by atoms with Crippen molar-refractivity contribution in [1.29, 1.82) is 0 Å². The van der Waals surface area contributed by atoms with Crippen LogP contribution in [-0.2, 0) is 15.5 Å². The van der Waals surface area contributed by atoms with E-state index in [0.29, 0.717) is 25.2 Å². The van der Waals surface area contributed by atoms with Gasteiger partial charge in [0.2, 0.25) is 0 Å². The van der Waals surface area contributed by atoms with Gasteiger partial charge in [0.05, 0.1) is 5.69 Å². The van der Waals surface area contributed by atoms with Crippen molar-refractivity contribution in [1.82, 2.24) is 15.1 Å². The molecule has 1 aliphatic heterocycles. The molecule has 0 bridgehead atoms. The predicted molar refractivity (Wildman–Crippen MR) is 79.9 cm³/mol. The van der Waals surface area contributed by atoms with Crippen molar-refractivity contribution < 1.29 is 13.2 Å². The minimum Gasteiger partial charge on any atom is -0.337 e. The van der Waals surface area contributed by atoms with E-state index < -0.39 is 9.05 Å². The number of nitrogens with zero attached hydrogens (tertiary/aromatic N) is 2. The Morgan fingerprint density at radius 1 is 1.48 bits per heavy atom. The summed E-state index contributed by atoms with van der Waals surface area (Å²) in [6, 6.07) is 0. The number of carbonyl (C=O) groups excluding carboxylic acids is 1. The van der Waals surface area contributed by atoms with Crippen LogP contribution in [0.4, 0.5) is 0 Å². The molecule has 118 valence electrons. The highest BCUT2D eigenvalue weighted by atomic mass is 35.7. The number of nitrogens with one attached hydrogen (secondary N) is 1. The number of carbonyl (C=O) groups is 1. The smallest absolute Gasteiger partial charge is 0.275 e. The van der Waals surface area contributed by atoms with Crippen molar-refractivity contribution in [2.75, 3.05) is 13.1 Å². The van der Waals surface area contributed by atoms with E-state index in [-0.39, 0.29) is 21.9 Å². The number of hydrogen-bond acceptors (Lipinski definition) is 4. The van der Waals surface area contributed by atoms with Crippen molar-refractivity contribution in [2.45, 2.75) is 44.9 Å². The Bertz CT molecular complexity index is 652. The van der Waals surface area contributed by atoms with Crippen molar-refractivity contribution in [3.8, 4) is 0 Å². The van der Waals surface area contributed by atoms with Crippen LogP contribution in [0, 0.1) is 5.41 Å². The zero-order valence-electron chi connectivity index (χ0n) is 12.4. The predicted octanol–water partition coefficient (Wildman–Crippen LogP) is 2.16. The van der Waals surface area contributed by atoms with Crippen LogP contribution < -0.4 is 0 Å². The Balaban J connectivity index is 2.38. The Hall–Kier alpha value is -1.08. The number of aromatic nitrogens is 2. The van der Waals surface area contributed by atoms with Gasteiger partial charge in [-0.3, -0.25) is 9.89 Å². The molecule has 1 saturated heterocycles. The largest absolute Gasteiger partial charge is 0.337 e. The summed E-state index contributed by atoms with van der Waals surface area (Å²) < 4.78 is 23.6. The number of hydrogen-bond donors (Lipinski definition) is 1. The number of amides is 1. The molecular formula is C13H20ClN3O3S. The van der Waals surface area contributed by atoms with Gasteiger partial charge in [-0.15, -0.1) is 0 Å². The van der Waals surface area contributed by atoms with Crippen molar-refractivity contribution >= 4 is 25.6 Å². The first kappa shape index (κ1) is 16.3. The summed E-state index contributed by atoms with van der Waals surface area (Å²) in [6.07, 6.45) is 2.09. The zero-order valence-corrected chi connectivity index (χ0v) is 14.0. The lowest BCUT2D eigenvalue weighted by molar-refractivity contribution is 0.0768. The summed E-state index contributed by atoms with van der Waals surface area (Å²) in [5.74, 6) is -0.376. The van der Waals surface area contributed by atoms with Gasteiger partial charge in [0, 0.05) is 23.8 Å². The van der Waals surface area contributed by atoms with E-state index in [1.54, 1.807) is 4.90 Å². The Kier molecular flexibility index (Phi) is 4.35. The monoisotopic (exact) mass is 333 g/mol. The topological polar surface area (TPSA) is 83.1 Å². The average molecular weight is 334 g/mol. The van der Waals surface area contributed by atoms with E-state index in [1.807, 2.05) is 6.92 Å². The number of likely N-dealkylation sites (tertiary alicyclic amines) is 1. The Labute approximate surface area is 129 Å². The van der Waals surface area contributed by atoms with E-state index >= 15 is 0 Å². The molecule has 1 aromatic rings. The summed E-state index contributed by atoms with van der Waals surface area (Å²) in [6.45, 7) is 7.25. The van der Waals surface area contributed by atoms with E-state index in [4.69, 9.17) is 10.7 Å². The lowest BCUT2D eigenvalue weighted by atomic mass is 9.93. The quantitative estimate of drug-likeness (QED) is 0.856. The molecular weight excluding hydrogens is 314 g/mol. The van der Waals surface area contributed by atoms with Crippen molar-refractivity contribution in [2.24, 2.45) is 5.41 Å². The minimum atomic E-state index is -4.02. The second-order valence-corrected chi connectivity index (χ2v) is 8.71. The van der Waals surface area contributed by atoms with Crippen LogP contribution in [0.25, 0.3) is 0 Å². The van der Waals surface area contributed by atoms with E-state index in [1.165, 1.54) is 0 Å². The van der Waals surface area contributed by atoms with Gasteiger partial charge in [0.15, 0.2) is 5.69 Å². The Morgan fingerprint density at radius 2 is 2.14 bits per heavy atom. The molecule has 1 aromatic heterocycles. The molecule has 0 aliphatic carbocycles. The fourth-order valence-corrected chi connectivity index (χ4v) is 3.93. The first-order valence-corrected chi connectivity index (χ1v) is 9.28. The maximum atomic E-state index is 12.5. The highest BCUT2D eigenvalue weighted by Crippen LogP contribution is 2.31. The van der Waals surface area contributed by atoms with Crippen LogP contribution >= 0.6 is 10.7 Å². The summed E-state index contributed by atoms with van der Waals surface area (Å²) >= 11 is 0. The number of aryl methyl sites for hydroxylation is 1. The SMILES string of the molecule is CCCc1[nH]nc(C(=O)N2CCC(C)(C)C2)c1S(=O)(=O)Cl. The molecule has 0 aromatic carbocycles. The van der Waals surface area contributed by atoms with Gasteiger partial charge in [-0.25, -0.2) is 8.42 Å². The zero-order chi connectivity index (χ0) is 15.8. The molecule has 2 heterocycles. The maximum absolute atomic E-state index is 12.5. The molecule has 0 unspecified atom stereocenters.